The summed E-state index contributed by atoms with van der Waals surface area (Å²) < 4.78 is 0. The molecule has 1 atom stereocenters. The van der Waals surface area contributed by atoms with Crippen molar-refractivity contribution >= 4 is 0 Å². The van der Waals surface area contributed by atoms with Gasteiger partial charge in [-0.3, -0.25) is 0 Å². The van der Waals surface area contributed by atoms with Gasteiger partial charge in [0.2, 0.25) is 0 Å². The minimum atomic E-state index is 0.701. The van der Waals surface area contributed by atoms with Crippen molar-refractivity contribution < 1.29 is 0 Å². The number of nitrogens with one attached hydrogen (secondary N) is 1. The van der Waals surface area contributed by atoms with Crippen LogP contribution in [0.2, 0.25) is 0 Å². The summed E-state index contributed by atoms with van der Waals surface area (Å²) in [6.07, 6.45) is 2.65. The fourth-order valence-electron chi connectivity index (χ4n) is 1.03. The van der Waals surface area contributed by atoms with Crippen molar-refractivity contribution in [1.29, 1.82) is 0 Å². The summed E-state index contributed by atoms with van der Waals surface area (Å²) in [5.74, 6) is 0.848. The Morgan fingerprint density at radius 1 is 1.10 bits per heavy atom. The minimum Gasteiger partial charge on any atom is -0.315 e. The summed E-state index contributed by atoms with van der Waals surface area (Å²) in [7, 11) is 0. The molecular weight excluding hydrogens is 122 g/mol. The van der Waals surface area contributed by atoms with Gasteiger partial charge in [-0.25, -0.2) is 0 Å². The standard InChI is InChI=1S/C9H21N/c1-5-10-9(4)7-6-8(2)3/h8-10H,5-7H2,1-4H3. The Bertz CT molecular complexity index is 69.1. The zero-order valence-corrected chi connectivity index (χ0v) is 7.78. The van der Waals surface area contributed by atoms with Crippen molar-refractivity contribution in [3.8, 4) is 0 Å². The molecule has 1 N–H and O–H groups in total. The SMILES string of the molecule is CCNC(C)CCC(C)C. The molecule has 0 aliphatic carbocycles. The van der Waals surface area contributed by atoms with Gasteiger partial charge in [0.15, 0.2) is 0 Å². The van der Waals surface area contributed by atoms with E-state index in [2.05, 4.69) is 33.0 Å². The van der Waals surface area contributed by atoms with Crippen LogP contribution in [0, 0.1) is 5.92 Å². The van der Waals surface area contributed by atoms with Crippen LogP contribution in [0.4, 0.5) is 0 Å². The molecular formula is C9H21N. The molecule has 1 nitrogen and oxygen atoms in total. The molecule has 0 amide bonds. The molecule has 0 aromatic carbocycles. The Balaban J connectivity index is 3.12. The quantitative estimate of drug-likeness (QED) is 0.623. The summed E-state index contributed by atoms with van der Waals surface area (Å²) in [5.41, 5.74) is 0. The van der Waals surface area contributed by atoms with Gasteiger partial charge in [0.1, 0.15) is 0 Å². The average molecular weight is 143 g/mol. The van der Waals surface area contributed by atoms with E-state index >= 15 is 0 Å². The van der Waals surface area contributed by atoms with E-state index in [9.17, 15) is 0 Å². The lowest BCUT2D eigenvalue weighted by atomic mass is 10.0. The van der Waals surface area contributed by atoms with Crippen LogP contribution in [0.1, 0.15) is 40.5 Å². The van der Waals surface area contributed by atoms with Gasteiger partial charge in [-0.15, -0.1) is 0 Å². The fraction of sp³-hybridized carbons (Fsp3) is 1.00. The van der Waals surface area contributed by atoms with E-state index < -0.39 is 0 Å². The molecule has 0 rings (SSSR count). The third-order valence-corrected chi connectivity index (χ3v) is 1.73. The van der Waals surface area contributed by atoms with Crippen LogP contribution in [-0.4, -0.2) is 12.6 Å². The molecule has 10 heavy (non-hydrogen) atoms. The smallest absolute Gasteiger partial charge is 0.00387 e. The van der Waals surface area contributed by atoms with Crippen molar-refractivity contribution in [3.63, 3.8) is 0 Å². The molecule has 0 aromatic heterocycles. The second kappa shape index (κ2) is 5.72. The Kier molecular flexibility index (Phi) is 5.70. The number of hydrogen-bond donors (Lipinski definition) is 1. The normalized spacial score (nSPS) is 14.1. The Labute approximate surface area is 65.2 Å². The predicted octanol–water partition coefficient (Wildman–Crippen LogP) is 2.42. The molecule has 0 saturated carbocycles. The lowest BCUT2D eigenvalue weighted by molar-refractivity contribution is 0.459. The van der Waals surface area contributed by atoms with Crippen molar-refractivity contribution in [2.24, 2.45) is 5.92 Å². The zero-order chi connectivity index (χ0) is 7.98. The summed E-state index contributed by atoms with van der Waals surface area (Å²) in [5, 5.41) is 3.40. The molecule has 1 heteroatoms. The lowest BCUT2D eigenvalue weighted by Crippen LogP contribution is -2.25. The Morgan fingerprint density at radius 3 is 2.10 bits per heavy atom. The van der Waals surface area contributed by atoms with Crippen molar-refractivity contribution in [3.05, 3.63) is 0 Å². The molecule has 0 fully saturated rings. The van der Waals surface area contributed by atoms with Gasteiger partial charge < -0.3 is 5.32 Å². The second-order valence-electron chi connectivity index (χ2n) is 3.43. The molecule has 0 aromatic rings. The first-order valence-electron chi connectivity index (χ1n) is 4.40. The van der Waals surface area contributed by atoms with E-state index in [-0.39, 0.29) is 0 Å². The third-order valence-electron chi connectivity index (χ3n) is 1.73. The topological polar surface area (TPSA) is 12.0 Å². The highest BCUT2D eigenvalue weighted by molar-refractivity contribution is 4.59. The maximum Gasteiger partial charge on any atom is 0.00387 e. The molecule has 0 saturated heterocycles. The molecule has 0 radical (unpaired) electrons. The molecule has 0 spiro atoms. The molecule has 0 aliphatic rings. The molecule has 0 heterocycles. The second-order valence-corrected chi connectivity index (χ2v) is 3.43. The average Bonchev–Trinajstić information content (AvgIpc) is 1.85. The van der Waals surface area contributed by atoms with E-state index in [1.54, 1.807) is 0 Å². The highest BCUT2D eigenvalue weighted by atomic mass is 14.9. The van der Waals surface area contributed by atoms with Gasteiger partial charge in [-0.2, -0.15) is 0 Å². The summed E-state index contributed by atoms with van der Waals surface area (Å²) in [6.45, 7) is 10.1. The summed E-state index contributed by atoms with van der Waals surface area (Å²) >= 11 is 0. The van der Waals surface area contributed by atoms with Crippen LogP contribution in [0.3, 0.4) is 0 Å². The summed E-state index contributed by atoms with van der Waals surface area (Å²) in [6, 6.07) is 0.701. The number of hydrogen-bond acceptors (Lipinski definition) is 1. The van der Waals surface area contributed by atoms with Gasteiger partial charge in [0.25, 0.3) is 0 Å². The van der Waals surface area contributed by atoms with Crippen LogP contribution >= 0.6 is 0 Å². The van der Waals surface area contributed by atoms with Crippen molar-refractivity contribution in [1.82, 2.24) is 5.32 Å². The first-order valence-corrected chi connectivity index (χ1v) is 4.40. The Morgan fingerprint density at radius 2 is 1.70 bits per heavy atom. The maximum absolute atomic E-state index is 3.40. The molecule has 0 aliphatic heterocycles. The maximum atomic E-state index is 3.40. The van der Waals surface area contributed by atoms with Crippen molar-refractivity contribution in [2.45, 2.75) is 46.6 Å². The predicted molar refractivity (Wildman–Crippen MR) is 47.2 cm³/mol. The van der Waals surface area contributed by atoms with Crippen LogP contribution in [-0.2, 0) is 0 Å². The van der Waals surface area contributed by atoms with E-state index in [4.69, 9.17) is 0 Å². The van der Waals surface area contributed by atoms with Crippen molar-refractivity contribution in [2.75, 3.05) is 6.54 Å². The lowest BCUT2D eigenvalue weighted by Gasteiger charge is -2.12. The molecule has 62 valence electrons. The highest BCUT2D eigenvalue weighted by Crippen LogP contribution is 2.05. The van der Waals surface area contributed by atoms with Gasteiger partial charge in [0.05, 0.1) is 0 Å². The first-order chi connectivity index (χ1) is 4.66. The van der Waals surface area contributed by atoms with E-state index in [1.807, 2.05) is 0 Å². The van der Waals surface area contributed by atoms with Crippen LogP contribution in [0.15, 0.2) is 0 Å². The van der Waals surface area contributed by atoms with Gasteiger partial charge in [-0.05, 0) is 32.2 Å². The number of rotatable bonds is 5. The van der Waals surface area contributed by atoms with Gasteiger partial charge >= 0.3 is 0 Å². The van der Waals surface area contributed by atoms with Gasteiger partial charge in [0, 0.05) is 6.04 Å². The third kappa shape index (κ3) is 6.09. The highest BCUT2D eigenvalue weighted by Gasteiger charge is 2.00. The monoisotopic (exact) mass is 143 g/mol. The van der Waals surface area contributed by atoms with Crippen LogP contribution in [0.5, 0.6) is 0 Å². The van der Waals surface area contributed by atoms with E-state index in [1.165, 1.54) is 12.8 Å². The van der Waals surface area contributed by atoms with Crippen LogP contribution < -0.4 is 5.32 Å². The molecule has 0 bridgehead atoms. The zero-order valence-electron chi connectivity index (χ0n) is 7.78. The van der Waals surface area contributed by atoms with Gasteiger partial charge in [-0.1, -0.05) is 20.8 Å². The van der Waals surface area contributed by atoms with E-state index in [0.29, 0.717) is 6.04 Å². The summed E-state index contributed by atoms with van der Waals surface area (Å²) in [4.78, 5) is 0. The van der Waals surface area contributed by atoms with Crippen LogP contribution in [0.25, 0.3) is 0 Å². The fourth-order valence-corrected chi connectivity index (χ4v) is 1.03. The van der Waals surface area contributed by atoms with E-state index in [0.717, 1.165) is 12.5 Å². The minimum absolute atomic E-state index is 0.701. The first kappa shape index (κ1) is 9.96. The molecule has 1 unspecified atom stereocenters. The Hall–Kier alpha value is -0.0400. The largest absolute Gasteiger partial charge is 0.315 e.